The maximum absolute atomic E-state index is 5.48. The van der Waals surface area contributed by atoms with E-state index in [4.69, 9.17) is 15.2 Å². The Morgan fingerprint density at radius 2 is 2.20 bits per heavy atom. The van der Waals surface area contributed by atoms with Crippen LogP contribution >= 0.6 is 0 Å². The summed E-state index contributed by atoms with van der Waals surface area (Å²) in [5, 5.41) is 0. The van der Waals surface area contributed by atoms with E-state index in [0.717, 1.165) is 23.5 Å². The van der Waals surface area contributed by atoms with Crippen LogP contribution in [0.2, 0.25) is 0 Å². The first-order valence-corrected chi connectivity index (χ1v) is 4.92. The number of ether oxygens (including phenoxy) is 2. The molecule has 1 aromatic rings. The minimum absolute atomic E-state index is 0.479. The first-order chi connectivity index (χ1) is 7.31. The second kappa shape index (κ2) is 6.09. The van der Waals surface area contributed by atoms with Crippen molar-refractivity contribution in [3.63, 3.8) is 0 Å². The van der Waals surface area contributed by atoms with Crippen molar-refractivity contribution in [1.82, 2.24) is 0 Å². The van der Waals surface area contributed by atoms with Gasteiger partial charge in [0.25, 0.3) is 0 Å². The van der Waals surface area contributed by atoms with E-state index >= 15 is 0 Å². The van der Waals surface area contributed by atoms with Gasteiger partial charge in [-0.25, -0.2) is 0 Å². The molecule has 1 rings (SSSR count). The Kier molecular flexibility index (Phi) is 4.71. The van der Waals surface area contributed by atoms with Crippen molar-refractivity contribution in [2.24, 2.45) is 5.73 Å². The van der Waals surface area contributed by atoms with Gasteiger partial charge in [0.05, 0.1) is 7.11 Å². The summed E-state index contributed by atoms with van der Waals surface area (Å²) in [7, 11) is 1.63. The molecule has 1 aromatic carbocycles. The molecular formula is C12H17NO2. The molecule has 2 N–H and O–H groups in total. The molecule has 82 valence electrons. The third-order valence-corrected chi connectivity index (χ3v) is 2.02. The number of rotatable bonds is 6. The molecule has 0 aromatic heterocycles. The Hall–Kier alpha value is -1.48. The van der Waals surface area contributed by atoms with Crippen LogP contribution in [0.15, 0.2) is 30.9 Å². The fourth-order valence-electron chi connectivity index (χ4n) is 1.30. The van der Waals surface area contributed by atoms with Gasteiger partial charge < -0.3 is 15.2 Å². The highest BCUT2D eigenvalue weighted by atomic mass is 16.5. The van der Waals surface area contributed by atoms with Crippen molar-refractivity contribution in [3.8, 4) is 11.5 Å². The van der Waals surface area contributed by atoms with Crippen LogP contribution in [0, 0.1) is 0 Å². The van der Waals surface area contributed by atoms with Crippen molar-refractivity contribution >= 4 is 0 Å². The highest BCUT2D eigenvalue weighted by Gasteiger charge is 2.04. The average molecular weight is 207 g/mol. The largest absolute Gasteiger partial charge is 0.493 e. The van der Waals surface area contributed by atoms with Gasteiger partial charge in [0.2, 0.25) is 0 Å². The van der Waals surface area contributed by atoms with Gasteiger partial charge in [0.1, 0.15) is 6.61 Å². The summed E-state index contributed by atoms with van der Waals surface area (Å²) >= 11 is 0. The van der Waals surface area contributed by atoms with Crippen molar-refractivity contribution < 1.29 is 9.47 Å². The molecule has 0 aliphatic heterocycles. The molecule has 0 saturated carbocycles. The zero-order chi connectivity index (χ0) is 11.1. The molecule has 0 atom stereocenters. The molecule has 15 heavy (non-hydrogen) atoms. The van der Waals surface area contributed by atoms with Gasteiger partial charge in [0.15, 0.2) is 11.5 Å². The topological polar surface area (TPSA) is 44.5 Å². The van der Waals surface area contributed by atoms with E-state index in [1.54, 1.807) is 13.2 Å². The molecule has 3 heteroatoms. The Labute approximate surface area is 90.5 Å². The first-order valence-electron chi connectivity index (χ1n) is 4.92. The van der Waals surface area contributed by atoms with Crippen LogP contribution in [0.25, 0.3) is 0 Å². The van der Waals surface area contributed by atoms with E-state index in [2.05, 4.69) is 6.58 Å². The van der Waals surface area contributed by atoms with Crippen molar-refractivity contribution in [2.45, 2.75) is 6.42 Å². The van der Waals surface area contributed by atoms with Gasteiger partial charge in [-0.1, -0.05) is 18.7 Å². The minimum Gasteiger partial charge on any atom is -0.493 e. The second-order valence-electron chi connectivity index (χ2n) is 3.12. The number of nitrogens with two attached hydrogens (primary N) is 1. The Morgan fingerprint density at radius 3 is 2.80 bits per heavy atom. The molecule has 3 nitrogen and oxygen atoms in total. The predicted octanol–water partition coefficient (Wildman–Crippen LogP) is 1.76. The fourth-order valence-corrected chi connectivity index (χ4v) is 1.30. The predicted molar refractivity (Wildman–Crippen MR) is 61.4 cm³/mol. The van der Waals surface area contributed by atoms with Gasteiger partial charge >= 0.3 is 0 Å². The summed E-state index contributed by atoms with van der Waals surface area (Å²) in [5.41, 5.74) is 6.64. The summed E-state index contributed by atoms with van der Waals surface area (Å²) < 4.78 is 10.7. The van der Waals surface area contributed by atoms with Gasteiger partial charge in [-0.3, -0.25) is 0 Å². The van der Waals surface area contributed by atoms with Gasteiger partial charge in [-0.05, 0) is 30.7 Å². The maximum atomic E-state index is 5.48. The third-order valence-electron chi connectivity index (χ3n) is 2.02. The molecule has 0 amide bonds. The number of benzene rings is 1. The average Bonchev–Trinajstić information content (AvgIpc) is 2.27. The van der Waals surface area contributed by atoms with Crippen LogP contribution in [0.5, 0.6) is 11.5 Å². The zero-order valence-corrected chi connectivity index (χ0v) is 9.03. The van der Waals surface area contributed by atoms with Crippen LogP contribution in [-0.2, 0) is 6.42 Å². The molecule has 0 heterocycles. The number of methoxy groups -OCH3 is 1. The Bertz CT molecular complexity index is 323. The summed E-state index contributed by atoms with van der Waals surface area (Å²) in [5.74, 6) is 1.47. The van der Waals surface area contributed by atoms with E-state index in [9.17, 15) is 0 Å². The molecule has 0 aliphatic carbocycles. The van der Waals surface area contributed by atoms with Gasteiger partial charge in [-0.15, -0.1) is 0 Å². The Morgan fingerprint density at radius 1 is 1.40 bits per heavy atom. The molecule has 0 aliphatic rings. The highest BCUT2D eigenvalue weighted by Crippen LogP contribution is 2.28. The Balaban J connectivity index is 2.82. The van der Waals surface area contributed by atoms with Crippen LogP contribution in [0.3, 0.4) is 0 Å². The second-order valence-corrected chi connectivity index (χ2v) is 3.12. The molecule has 0 unspecified atom stereocenters. The zero-order valence-electron chi connectivity index (χ0n) is 9.03. The van der Waals surface area contributed by atoms with Crippen LogP contribution in [0.1, 0.15) is 5.56 Å². The molecule has 0 bridgehead atoms. The van der Waals surface area contributed by atoms with E-state index in [0.29, 0.717) is 13.2 Å². The van der Waals surface area contributed by atoms with Crippen molar-refractivity contribution in [2.75, 3.05) is 20.3 Å². The summed E-state index contributed by atoms with van der Waals surface area (Å²) in [6, 6.07) is 5.84. The van der Waals surface area contributed by atoms with E-state index in [1.165, 1.54) is 0 Å². The standard InChI is InChI=1S/C12H17NO2/c1-3-8-15-11-5-4-10(6-7-13)9-12(11)14-2/h3-5,9H,1,6-8,13H2,2H3. The maximum Gasteiger partial charge on any atom is 0.161 e. The van der Waals surface area contributed by atoms with E-state index in [-0.39, 0.29) is 0 Å². The van der Waals surface area contributed by atoms with Gasteiger partial charge in [0, 0.05) is 0 Å². The molecular weight excluding hydrogens is 190 g/mol. The summed E-state index contributed by atoms with van der Waals surface area (Å²) in [6.45, 7) is 4.71. The lowest BCUT2D eigenvalue weighted by Gasteiger charge is -2.10. The lowest BCUT2D eigenvalue weighted by atomic mass is 10.1. The van der Waals surface area contributed by atoms with Crippen LogP contribution in [-0.4, -0.2) is 20.3 Å². The molecule has 0 spiro atoms. The quantitative estimate of drug-likeness (QED) is 0.723. The van der Waals surface area contributed by atoms with Crippen LogP contribution in [0.4, 0.5) is 0 Å². The number of hydrogen-bond acceptors (Lipinski definition) is 3. The SMILES string of the molecule is C=CCOc1ccc(CCN)cc1OC. The lowest BCUT2D eigenvalue weighted by Crippen LogP contribution is -2.03. The van der Waals surface area contributed by atoms with E-state index in [1.807, 2.05) is 18.2 Å². The summed E-state index contributed by atoms with van der Waals surface area (Å²) in [4.78, 5) is 0. The smallest absolute Gasteiger partial charge is 0.161 e. The molecule has 0 saturated heterocycles. The van der Waals surface area contributed by atoms with Crippen LogP contribution < -0.4 is 15.2 Å². The highest BCUT2D eigenvalue weighted by molar-refractivity contribution is 5.43. The lowest BCUT2D eigenvalue weighted by molar-refractivity contribution is 0.326. The van der Waals surface area contributed by atoms with E-state index < -0.39 is 0 Å². The van der Waals surface area contributed by atoms with Crippen molar-refractivity contribution in [1.29, 1.82) is 0 Å². The monoisotopic (exact) mass is 207 g/mol. The third kappa shape index (κ3) is 3.29. The van der Waals surface area contributed by atoms with Gasteiger partial charge in [-0.2, -0.15) is 0 Å². The minimum atomic E-state index is 0.479. The molecule has 0 radical (unpaired) electrons. The summed E-state index contributed by atoms with van der Waals surface area (Å²) in [6.07, 6.45) is 2.55. The van der Waals surface area contributed by atoms with Crippen molar-refractivity contribution in [3.05, 3.63) is 36.4 Å². The number of hydrogen-bond donors (Lipinski definition) is 1. The molecule has 0 fully saturated rings. The first kappa shape index (κ1) is 11.6. The normalized spacial score (nSPS) is 9.73. The fraction of sp³-hybridized carbons (Fsp3) is 0.333.